The molecule has 0 fully saturated rings. The van der Waals surface area contributed by atoms with Gasteiger partial charge in [0.05, 0.1) is 26.9 Å². The van der Waals surface area contributed by atoms with E-state index in [4.69, 9.17) is 9.47 Å². The van der Waals surface area contributed by atoms with E-state index in [0.717, 1.165) is 0 Å². The van der Waals surface area contributed by atoms with Gasteiger partial charge in [0.15, 0.2) is 0 Å². The summed E-state index contributed by atoms with van der Waals surface area (Å²) in [4.78, 5) is 23.9. The third-order valence-corrected chi connectivity index (χ3v) is 3.16. The van der Waals surface area contributed by atoms with Gasteiger partial charge in [0, 0.05) is 17.3 Å². The van der Waals surface area contributed by atoms with Crippen LogP contribution < -0.4 is 14.8 Å². The molecule has 0 spiro atoms. The van der Waals surface area contributed by atoms with E-state index in [0.29, 0.717) is 28.3 Å². The van der Waals surface area contributed by atoms with Crippen LogP contribution in [0.3, 0.4) is 0 Å². The molecule has 6 heteroatoms. The molecule has 2 aromatic carbocycles. The molecule has 0 heterocycles. The molecule has 0 aliphatic rings. The summed E-state index contributed by atoms with van der Waals surface area (Å²) in [7, 11) is 4.32. The Bertz CT molecular complexity index is 704. The Kier molecular flexibility index (Phi) is 5.19. The van der Waals surface area contributed by atoms with Crippen LogP contribution in [0.2, 0.25) is 0 Å². The zero-order valence-electron chi connectivity index (χ0n) is 13.1. The van der Waals surface area contributed by atoms with Crippen molar-refractivity contribution in [2.45, 2.75) is 0 Å². The highest BCUT2D eigenvalue weighted by Crippen LogP contribution is 2.23. The molecular formula is C17H17NO5. The Labute approximate surface area is 134 Å². The number of nitrogens with one attached hydrogen (secondary N) is 1. The van der Waals surface area contributed by atoms with Gasteiger partial charge in [-0.05, 0) is 30.3 Å². The van der Waals surface area contributed by atoms with Gasteiger partial charge in [0.1, 0.15) is 11.5 Å². The van der Waals surface area contributed by atoms with Crippen LogP contribution in [0.4, 0.5) is 5.69 Å². The van der Waals surface area contributed by atoms with E-state index >= 15 is 0 Å². The van der Waals surface area contributed by atoms with Crippen molar-refractivity contribution in [3.05, 3.63) is 53.6 Å². The molecule has 0 unspecified atom stereocenters. The standard InChI is InChI=1S/C17H17NO5/c1-21-14-8-12(9-15(10-14)22-2)16(19)18-13-6-4-5-11(7-13)17(20)23-3/h4-10H,1-3H3,(H,18,19). The Hall–Kier alpha value is -3.02. The van der Waals surface area contributed by atoms with Crippen molar-refractivity contribution in [1.82, 2.24) is 0 Å². The van der Waals surface area contributed by atoms with E-state index in [9.17, 15) is 9.59 Å². The van der Waals surface area contributed by atoms with Crippen molar-refractivity contribution in [1.29, 1.82) is 0 Å². The SMILES string of the molecule is COC(=O)c1cccc(NC(=O)c2cc(OC)cc(OC)c2)c1. The fraction of sp³-hybridized carbons (Fsp3) is 0.176. The summed E-state index contributed by atoms with van der Waals surface area (Å²) in [5, 5.41) is 2.72. The summed E-state index contributed by atoms with van der Waals surface area (Å²) in [6.07, 6.45) is 0. The third kappa shape index (κ3) is 4.00. The average molecular weight is 315 g/mol. The van der Waals surface area contributed by atoms with Crippen molar-refractivity contribution < 1.29 is 23.8 Å². The molecular weight excluding hydrogens is 298 g/mol. The highest BCUT2D eigenvalue weighted by atomic mass is 16.5. The predicted octanol–water partition coefficient (Wildman–Crippen LogP) is 2.74. The largest absolute Gasteiger partial charge is 0.497 e. The summed E-state index contributed by atoms with van der Waals surface area (Å²) < 4.78 is 14.9. The molecule has 120 valence electrons. The minimum absolute atomic E-state index is 0.343. The Morgan fingerprint density at radius 1 is 0.870 bits per heavy atom. The molecule has 23 heavy (non-hydrogen) atoms. The fourth-order valence-corrected chi connectivity index (χ4v) is 1.98. The van der Waals surface area contributed by atoms with Gasteiger partial charge >= 0.3 is 5.97 Å². The van der Waals surface area contributed by atoms with Crippen molar-refractivity contribution in [3.63, 3.8) is 0 Å². The first-order valence-electron chi connectivity index (χ1n) is 6.80. The van der Waals surface area contributed by atoms with Gasteiger partial charge in [-0.15, -0.1) is 0 Å². The topological polar surface area (TPSA) is 73.9 Å². The van der Waals surface area contributed by atoms with Crippen molar-refractivity contribution in [3.8, 4) is 11.5 Å². The molecule has 1 N–H and O–H groups in total. The molecule has 0 radical (unpaired) electrons. The second-order valence-corrected chi connectivity index (χ2v) is 4.63. The maximum absolute atomic E-state index is 12.4. The summed E-state index contributed by atoms with van der Waals surface area (Å²) in [6, 6.07) is 11.4. The van der Waals surface area contributed by atoms with Crippen LogP contribution in [0.5, 0.6) is 11.5 Å². The number of anilines is 1. The quantitative estimate of drug-likeness (QED) is 0.859. The molecule has 0 aliphatic carbocycles. The lowest BCUT2D eigenvalue weighted by Gasteiger charge is -2.10. The van der Waals surface area contributed by atoms with E-state index in [-0.39, 0.29) is 5.91 Å². The lowest BCUT2D eigenvalue weighted by molar-refractivity contribution is 0.0600. The van der Waals surface area contributed by atoms with E-state index in [1.165, 1.54) is 21.3 Å². The number of rotatable bonds is 5. The second kappa shape index (κ2) is 7.31. The predicted molar refractivity (Wildman–Crippen MR) is 85.3 cm³/mol. The molecule has 2 aromatic rings. The van der Waals surface area contributed by atoms with Crippen LogP contribution in [0.1, 0.15) is 20.7 Å². The van der Waals surface area contributed by atoms with Crippen LogP contribution in [-0.2, 0) is 4.74 Å². The van der Waals surface area contributed by atoms with Crippen molar-refractivity contribution in [2.75, 3.05) is 26.6 Å². The highest BCUT2D eigenvalue weighted by molar-refractivity contribution is 6.05. The zero-order chi connectivity index (χ0) is 16.8. The molecule has 0 saturated carbocycles. The summed E-state index contributed by atoms with van der Waals surface area (Å²) in [5.74, 6) is 0.212. The van der Waals surface area contributed by atoms with Gasteiger partial charge in [0.2, 0.25) is 0 Å². The molecule has 0 bridgehead atoms. The number of amides is 1. The number of benzene rings is 2. The van der Waals surface area contributed by atoms with Crippen LogP contribution in [0.15, 0.2) is 42.5 Å². The molecule has 2 rings (SSSR count). The fourth-order valence-electron chi connectivity index (χ4n) is 1.98. The molecule has 0 aliphatic heterocycles. The minimum Gasteiger partial charge on any atom is -0.497 e. The van der Waals surface area contributed by atoms with Crippen molar-refractivity contribution in [2.24, 2.45) is 0 Å². The van der Waals surface area contributed by atoms with E-state index < -0.39 is 5.97 Å². The smallest absolute Gasteiger partial charge is 0.337 e. The monoisotopic (exact) mass is 315 g/mol. The van der Waals surface area contributed by atoms with E-state index in [1.807, 2.05) is 0 Å². The lowest BCUT2D eigenvalue weighted by Crippen LogP contribution is -2.13. The van der Waals surface area contributed by atoms with Gasteiger partial charge in [-0.1, -0.05) is 6.07 Å². The maximum atomic E-state index is 12.4. The normalized spacial score (nSPS) is 9.87. The molecule has 0 atom stereocenters. The van der Waals surface area contributed by atoms with Crippen LogP contribution >= 0.6 is 0 Å². The summed E-state index contributed by atoms with van der Waals surface area (Å²) >= 11 is 0. The average Bonchev–Trinajstić information content (AvgIpc) is 2.60. The number of methoxy groups -OCH3 is 3. The van der Waals surface area contributed by atoms with Gasteiger partial charge < -0.3 is 19.5 Å². The molecule has 0 saturated heterocycles. The Balaban J connectivity index is 2.24. The summed E-state index contributed by atoms with van der Waals surface area (Å²) in [6.45, 7) is 0. The Morgan fingerprint density at radius 2 is 1.52 bits per heavy atom. The molecule has 1 amide bonds. The molecule has 6 nitrogen and oxygen atoms in total. The Morgan fingerprint density at radius 3 is 2.09 bits per heavy atom. The van der Waals surface area contributed by atoms with Crippen molar-refractivity contribution >= 4 is 17.6 Å². The zero-order valence-corrected chi connectivity index (χ0v) is 13.1. The molecule has 0 aromatic heterocycles. The van der Waals surface area contributed by atoms with Gasteiger partial charge in [-0.2, -0.15) is 0 Å². The third-order valence-electron chi connectivity index (χ3n) is 3.16. The van der Waals surface area contributed by atoms with Gasteiger partial charge in [-0.25, -0.2) is 4.79 Å². The second-order valence-electron chi connectivity index (χ2n) is 4.63. The first-order chi connectivity index (χ1) is 11.1. The number of carbonyl (C=O) groups excluding carboxylic acids is 2. The number of ether oxygens (including phenoxy) is 3. The lowest BCUT2D eigenvalue weighted by atomic mass is 10.1. The van der Waals surface area contributed by atoms with Gasteiger partial charge in [0.25, 0.3) is 5.91 Å². The van der Waals surface area contributed by atoms with Crippen LogP contribution in [0.25, 0.3) is 0 Å². The first kappa shape index (κ1) is 16.4. The minimum atomic E-state index is -0.468. The van der Waals surface area contributed by atoms with Crippen LogP contribution in [-0.4, -0.2) is 33.2 Å². The number of carbonyl (C=O) groups is 2. The van der Waals surface area contributed by atoms with Crippen LogP contribution in [0, 0.1) is 0 Å². The van der Waals surface area contributed by atoms with E-state index in [2.05, 4.69) is 10.1 Å². The summed E-state index contributed by atoms with van der Waals surface area (Å²) in [5.41, 5.74) is 1.22. The first-order valence-corrected chi connectivity index (χ1v) is 6.80. The highest BCUT2D eigenvalue weighted by Gasteiger charge is 2.12. The number of hydrogen-bond acceptors (Lipinski definition) is 5. The number of hydrogen-bond donors (Lipinski definition) is 1. The van der Waals surface area contributed by atoms with E-state index in [1.54, 1.807) is 42.5 Å². The van der Waals surface area contributed by atoms with Gasteiger partial charge in [-0.3, -0.25) is 4.79 Å². The maximum Gasteiger partial charge on any atom is 0.337 e. The number of esters is 1.